The van der Waals surface area contributed by atoms with Gasteiger partial charge < -0.3 is 19.3 Å². The zero-order valence-corrected chi connectivity index (χ0v) is 18.0. The molecule has 0 radical (unpaired) electrons. The van der Waals surface area contributed by atoms with Crippen LogP contribution in [0.2, 0.25) is 0 Å². The molecule has 0 aliphatic carbocycles. The van der Waals surface area contributed by atoms with Gasteiger partial charge in [0.15, 0.2) is 0 Å². The highest BCUT2D eigenvalue weighted by Gasteiger charge is 2.42. The molecular formula is C24H22N2O4S. The number of rotatable bonds is 5. The van der Waals surface area contributed by atoms with Crippen molar-refractivity contribution in [2.24, 2.45) is 0 Å². The van der Waals surface area contributed by atoms with E-state index >= 15 is 0 Å². The molecule has 0 saturated carbocycles. The van der Waals surface area contributed by atoms with Gasteiger partial charge in [-0.05, 0) is 35.7 Å². The monoisotopic (exact) mass is 434 g/mol. The zero-order valence-electron chi connectivity index (χ0n) is 17.2. The largest absolute Gasteiger partial charge is 0.466 e. The number of anilines is 2. The number of thiophene rings is 1. The predicted octanol–water partition coefficient (Wildman–Crippen LogP) is 4.37. The number of carbonyl (C=O) groups is 2. The number of carbonyl (C=O) groups excluding carboxylic acids is 2. The Morgan fingerprint density at radius 1 is 0.839 bits per heavy atom. The number of nitrogens with zero attached hydrogens (tertiary/aromatic N) is 2. The molecule has 2 heterocycles. The van der Waals surface area contributed by atoms with Crippen LogP contribution in [0.5, 0.6) is 0 Å². The van der Waals surface area contributed by atoms with Crippen LogP contribution in [0.1, 0.15) is 11.0 Å². The maximum Gasteiger partial charge on any atom is 0.355 e. The van der Waals surface area contributed by atoms with E-state index in [-0.39, 0.29) is 24.0 Å². The van der Waals surface area contributed by atoms with Gasteiger partial charge in [0.25, 0.3) is 0 Å². The molecule has 0 fully saturated rings. The van der Waals surface area contributed by atoms with Crippen LogP contribution in [-0.2, 0) is 19.1 Å². The van der Waals surface area contributed by atoms with Gasteiger partial charge in [-0.2, -0.15) is 0 Å². The summed E-state index contributed by atoms with van der Waals surface area (Å²) in [5, 5.41) is 2.00. The van der Waals surface area contributed by atoms with Gasteiger partial charge in [-0.3, -0.25) is 0 Å². The second kappa shape index (κ2) is 9.06. The summed E-state index contributed by atoms with van der Waals surface area (Å²) in [6, 6.07) is 23.3. The second-order valence-electron chi connectivity index (χ2n) is 6.87. The highest BCUT2D eigenvalue weighted by Crippen LogP contribution is 2.42. The Morgan fingerprint density at radius 3 is 2.00 bits per heavy atom. The third kappa shape index (κ3) is 3.92. The average molecular weight is 435 g/mol. The van der Waals surface area contributed by atoms with Crippen molar-refractivity contribution in [2.45, 2.75) is 6.17 Å². The molecule has 1 aliphatic rings. The maximum absolute atomic E-state index is 13.0. The van der Waals surface area contributed by atoms with E-state index in [1.165, 1.54) is 14.2 Å². The number of esters is 2. The lowest BCUT2D eigenvalue weighted by molar-refractivity contribution is -0.139. The van der Waals surface area contributed by atoms with Crippen molar-refractivity contribution >= 4 is 34.7 Å². The van der Waals surface area contributed by atoms with Crippen molar-refractivity contribution in [2.75, 3.05) is 30.6 Å². The quantitative estimate of drug-likeness (QED) is 0.556. The molecule has 0 bridgehead atoms. The minimum absolute atomic E-state index is 0.186. The molecule has 2 aromatic carbocycles. The van der Waals surface area contributed by atoms with Crippen molar-refractivity contribution in [3.8, 4) is 0 Å². The van der Waals surface area contributed by atoms with Crippen LogP contribution in [0.15, 0.2) is 89.4 Å². The standard InChI is InChI=1S/C24H22N2O4S/c1-29-23(27)19-16-25(17-10-5-3-6-11-17)22(20-14-9-15-31-20)26(21(19)24(28)30-2)18-12-7-4-8-13-18/h3-15,22H,16H2,1-2H3. The number of benzene rings is 2. The molecule has 0 amide bonds. The fourth-order valence-corrected chi connectivity index (χ4v) is 4.60. The summed E-state index contributed by atoms with van der Waals surface area (Å²) in [6.45, 7) is 0.201. The Labute approximate surface area is 184 Å². The fraction of sp³-hybridized carbons (Fsp3) is 0.167. The molecular weight excluding hydrogens is 412 g/mol. The first-order valence-corrected chi connectivity index (χ1v) is 10.6. The SMILES string of the molecule is COC(=O)C1=C(C(=O)OC)N(c2ccccc2)C(c2cccs2)N(c2ccccc2)C1. The highest BCUT2D eigenvalue weighted by molar-refractivity contribution is 7.10. The van der Waals surface area contributed by atoms with E-state index in [2.05, 4.69) is 4.90 Å². The summed E-state index contributed by atoms with van der Waals surface area (Å²) in [4.78, 5) is 30.8. The first kappa shape index (κ1) is 20.7. The molecule has 0 N–H and O–H groups in total. The molecule has 1 aliphatic heterocycles. The summed E-state index contributed by atoms with van der Waals surface area (Å²) >= 11 is 1.59. The molecule has 31 heavy (non-hydrogen) atoms. The minimum atomic E-state index is -0.585. The predicted molar refractivity (Wildman–Crippen MR) is 121 cm³/mol. The van der Waals surface area contributed by atoms with Crippen LogP contribution in [0.3, 0.4) is 0 Å². The van der Waals surface area contributed by atoms with Crippen LogP contribution in [-0.4, -0.2) is 32.7 Å². The van der Waals surface area contributed by atoms with E-state index < -0.39 is 11.9 Å². The molecule has 6 nitrogen and oxygen atoms in total. The van der Waals surface area contributed by atoms with Crippen LogP contribution < -0.4 is 9.80 Å². The van der Waals surface area contributed by atoms with Gasteiger partial charge in [-0.1, -0.05) is 42.5 Å². The Kier molecular flexibility index (Phi) is 6.04. The van der Waals surface area contributed by atoms with Crippen molar-refractivity contribution in [3.63, 3.8) is 0 Å². The lowest BCUT2D eigenvalue weighted by Crippen LogP contribution is -2.50. The number of hydrogen-bond donors (Lipinski definition) is 0. The summed E-state index contributed by atoms with van der Waals surface area (Å²) in [7, 11) is 2.63. The maximum atomic E-state index is 13.0. The smallest absolute Gasteiger partial charge is 0.355 e. The van der Waals surface area contributed by atoms with Crippen molar-refractivity contribution in [3.05, 3.63) is 94.3 Å². The molecule has 0 saturated heterocycles. The average Bonchev–Trinajstić information content (AvgIpc) is 3.37. The topological polar surface area (TPSA) is 59.1 Å². The third-order valence-electron chi connectivity index (χ3n) is 5.13. The van der Waals surface area contributed by atoms with Crippen LogP contribution in [0.4, 0.5) is 11.4 Å². The summed E-state index contributed by atoms with van der Waals surface area (Å²) in [6.07, 6.45) is -0.354. The van der Waals surface area contributed by atoms with Gasteiger partial charge in [0.2, 0.25) is 0 Å². The van der Waals surface area contributed by atoms with Crippen LogP contribution in [0.25, 0.3) is 0 Å². The van der Waals surface area contributed by atoms with Crippen LogP contribution in [0, 0.1) is 0 Å². The molecule has 7 heteroatoms. The Balaban J connectivity index is 2.01. The minimum Gasteiger partial charge on any atom is -0.466 e. The molecule has 3 aromatic rings. The van der Waals surface area contributed by atoms with Crippen molar-refractivity contribution in [1.29, 1.82) is 0 Å². The van der Waals surface area contributed by atoms with Gasteiger partial charge in [0.1, 0.15) is 11.9 Å². The number of hydrogen-bond acceptors (Lipinski definition) is 7. The van der Waals surface area contributed by atoms with Crippen molar-refractivity contribution < 1.29 is 19.1 Å². The van der Waals surface area contributed by atoms with E-state index in [0.29, 0.717) is 0 Å². The van der Waals surface area contributed by atoms with E-state index in [4.69, 9.17) is 9.47 Å². The van der Waals surface area contributed by atoms with Gasteiger partial charge >= 0.3 is 11.9 Å². The Morgan fingerprint density at radius 2 is 1.45 bits per heavy atom. The normalized spacial score (nSPS) is 16.3. The lowest BCUT2D eigenvalue weighted by Gasteiger charge is -2.46. The van der Waals surface area contributed by atoms with E-state index in [9.17, 15) is 9.59 Å². The zero-order chi connectivity index (χ0) is 21.8. The fourth-order valence-electron chi connectivity index (χ4n) is 3.77. The molecule has 158 valence electrons. The molecule has 1 unspecified atom stereocenters. The summed E-state index contributed by atoms with van der Waals surface area (Å²) in [5.41, 5.74) is 2.12. The Bertz CT molecular complexity index is 1080. The lowest BCUT2D eigenvalue weighted by atomic mass is 10.0. The first-order chi connectivity index (χ1) is 15.2. The van der Waals surface area contributed by atoms with Crippen LogP contribution >= 0.6 is 11.3 Å². The van der Waals surface area contributed by atoms with Gasteiger partial charge in [-0.15, -0.1) is 11.3 Å². The molecule has 0 spiro atoms. The summed E-state index contributed by atoms with van der Waals surface area (Å²) < 4.78 is 10.2. The highest BCUT2D eigenvalue weighted by atomic mass is 32.1. The van der Waals surface area contributed by atoms with Gasteiger partial charge in [-0.25, -0.2) is 9.59 Å². The number of para-hydroxylation sites is 2. The number of methoxy groups -OCH3 is 2. The van der Waals surface area contributed by atoms with E-state index in [0.717, 1.165) is 16.3 Å². The van der Waals surface area contributed by atoms with Crippen molar-refractivity contribution in [1.82, 2.24) is 0 Å². The molecule has 1 aromatic heterocycles. The summed E-state index contributed by atoms with van der Waals surface area (Å²) in [5.74, 6) is -1.15. The van der Waals surface area contributed by atoms with Gasteiger partial charge in [0, 0.05) is 16.3 Å². The molecule has 4 rings (SSSR count). The second-order valence-corrected chi connectivity index (χ2v) is 7.85. The number of ether oxygens (including phenoxy) is 2. The van der Waals surface area contributed by atoms with Gasteiger partial charge in [0.05, 0.1) is 26.3 Å². The molecule has 1 atom stereocenters. The third-order valence-corrected chi connectivity index (χ3v) is 6.04. The Hall–Kier alpha value is -3.58. The van der Waals surface area contributed by atoms with E-state index in [1.54, 1.807) is 11.3 Å². The van der Waals surface area contributed by atoms with E-state index in [1.807, 2.05) is 83.1 Å². The first-order valence-electron chi connectivity index (χ1n) is 9.75.